The molecule has 0 saturated carbocycles. The molecule has 27 heavy (non-hydrogen) atoms. The van der Waals surface area contributed by atoms with E-state index in [-0.39, 0.29) is 11.6 Å². The Morgan fingerprint density at radius 2 is 2.00 bits per heavy atom. The van der Waals surface area contributed by atoms with Crippen LogP contribution in [-0.4, -0.2) is 47.4 Å². The van der Waals surface area contributed by atoms with Gasteiger partial charge in [-0.15, -0.1) is 14.9 Å². The fraction of sp³-hybridized carbons (Fsp3) is 0.188. The summed E-state index contributed by atoms with van der Waals surface area (Å²) in [5, 5.41) is 12.3. The highest BCUT2D eigenvalue weighted by Gasteiger charge is 2.15. The summed E-state index contributed by atoms with van der Waals surface area (Å²) in [6.45, 7) is 6.74. The van der Waals surface area contributed by atoms with Gasteiger partial charge >= 0.3 is 0 Å². The third-order valence-corrected chi connectivity index (χ3v) is 4.94. The topological polar surface area (TPSA) is 116 Å². The van der Waals surface area contributed by atoms with Crippen molar-refractivity contribution in [3.05, 3.63) is 59.6 Å². The fourth-order valence-corrected chi connectivity index (χ4v) is 3.09. The van der Waals surface area contributed by atoms with Crippen molar-refractivity contribution < 1.29 is 13.2 Å². The molecule has 0 spiro atoms. The van der Waals surface area contributed by atoms with Crippen LogP contribution >= 0.6 is 0 Å². The van der Waals surface area contributed by atoms with Crippen LogP contribution in [0, 0.1) is 6.57 Å². The highest BCUT2D eigenvalue weighted by molar-refractivity contribution is 7.89. The van der Waals surface area contributed by atoms with Gasteiger partial charge in [0.2, 0.25) is 21.7 Å². The van der Waals surface area contributed by atoms with Crippen molar-refractivity contribution in [3.63, 3.8) is 0 Å². The van der Waals surface area contributed by atoms with Crippen LogP contribution in [0.3, 0.4) is 0 Å². The quantitative estimate of drug-likeness (QED) is 0.602. The molecular formula is C16H15N7O3S. The first-order valence-electron chi connectivity index (χ1n) is 7.72. The third kappa shape index (κ3) is 4.43. The van der Waals surface area contributed by atoms with Crippen molar-refractivity contribution in [2.45, 2.75) is 11.4 Å². The first-order valence-corrected chi connectivity index (χ1v) is 9.20. The average Bonchev–Trinajstić information content (AvgIpc) is 3.15. The second kappa shape index (κ2) is 7.90. The van der Waals surface area contributed by atoms with E-state index in [0.717, 1.165) is 5.56 Å². The Kier molecular flexibility index (Phi) is 5.39. The van der Waals surface area contributed by atoms with Crippen LogP contribution < -0.4 is 9.46 Å². The van der Waals surface area contributed by atoms with Crippen LogP contribution in [0.25, 0.3) is 16.2 Å². The molecule has 3 aromatic rings. The fourth-order valence-electron chi connectivity index (χ4n) is 2.20. The van der Waals surface area contributed by atoms with Crippen molar-refractivity contribution in [2.75, 3.05) is 13.8 Å². The molecule has 0 fully saturated rings. The number of nitrogens with zero attached hydrogens (tertiary/aromatic N) is 6. The molecule has 1 N–H and O–H groups in total. The van der Waals surface area contributed by atoms with E-state index in [0.29, 0.717) is 23.8 Å². The van der Waals surface area contributed by atoms with Gasteiger partial charge in [-0.05, 0) is 35.0 Å². The lowest BCUT2D eigenvalue weighted by molar-refractivity contribution is 0.397. The minimum atomic E-state index is -3.71. The SMILES string of the molecule is [C-]#[N+]CNS(=O)(=O)c1ccc(-c2nnn(Cc3ccc(OC)nc3)n2)cc1. The summed E-state index contributed by atoms with van der Waals surface area (Å²) in [5.41, 5.74) is 1.50. The number of pyridine rings is 1. The number of hydrogen-bond donors (Lipinski definition) is 1. The second-order valence-corrected chi connectivity index (χ2v) is 7.11. The Hall–Kier alpha value is -3.36. The van der Waals surface area contributed by atoms with E-state index in [1.807, 2.05) is 6.07 Å². The zero-order chi connectivity index (χ0) is 19.3. The van der Waals surface area contributed by atoms with Gasteiger partial charge in [-0.2, -0.15) is 4.80 Å². The highest BCUT2D eigenvalue weighted by atomic mass is 32.2. The van der Waals surface area contributed by atoms with Gasteiger partial charge in [0, 0.05) is 17.8 Å². The number of ether oxygens (including phenoxy) is 1. The van der Waals surface area contributed by atoms with Gasteiger partial charge in [-0.3, -0.25) is 4.85 Å². The van der Waals surface area contributed by atoms with E-state index in [2.05, 4.69) is 30.0 Å². The molecule has 0 saturated heterocycles. The van der Waals surface area contributed by atoms with Crippen LogP contribution in [0.5, 0.6) is 5.88 Å². The maximum absolute atomic E-state index is 12.0. The summed E-state index contributed by atoms with van der Waals surface area (Å²) in [4.78, 5) is 8.57. The van der Waals surface area contributed by atoms with E-state index >= 15 is 0 Å². The Morgan fingerprint density at radius 3 is 2.63 bits per heavy atom. The number of nitrogens with one attached hydrogen (secondary N) is 1. The van der Waals surface area contributed by atoms with Crippen molar-refractivity contribution in [1.82, 2.24) is 29.9 Å². The molecule has 0 atom stereocenters. The molecule has 3 rings (SSSR count). The molecule has 2 heterocycles. The van der Waals surface area contributed by atoms with Crippen LogP contribution in [0.1, 0.15) is 5.56 Å². The third-order valence-electron chi connectivity index (χ3n) is 3.54. The number of hydrogen-bond acceptors (Lipinski definition) is 7. The molecule has 0 bridgehead atoms. The number of methoxy groups -OCH3 is 1. The molecule has 138 valence electrons. The maximum Gasteiger partial charge on any atom is 0.280 e. The Morgan fingerprint density at radius 1 is 1.22 bits per heavy atom. The molecule has 0 aliphatic heterocycles. The Balaban J connectivity index is 1.73. The van der Waals surface area contributed by atoms with Crippen molar-refractivity contribution >= 4 is 10.0 Å². The molecule has 1 aromatic carbocycles. The molecule has 0 radical (unpaired) electrons. The summed E-state index contributed by atoms with van der Waals surface area (Å²) in [6, 6.07) is 9.62. The van der Waals surface area contributed by atoms with E-state index in [9.17, 15) is 8.42 Å². The monoisotopic (exact) mass is 385 g/mol. The number of benzene rings is 1. The molecule has 10 nitrogen and oxygen atoms in total. The number of sulfonamides is 1. The molecule has 2 aromatic heterocycles. The summed E-state index contributed by atoms with van der Waals surface area (Å²) < 4.78 is 31.1. The van der Waals surface area contributed by atoms with Gasteiger partial charge in [0.15, 0.2) is 0 Å². The van der Waals surface area contributed by atoms with Crippen LogP contribution in [-0.2, 0) is 16.6 Å². The molecule has 0 amide bonds. The van der Waals surface area contributed by atoms with Crippen LogP contribution in [0.15, 0.2) is 47.5 Å². The molecular weight excluding hydrogens is 370 g/mol. The van der Waals surface area contributed by atoms with E-state index in [1.54, 1.807) is 31.5 Å². The second-order valence-electron chi connectivity index (χ2n) is 5.34. The Bertz CT molecular complexity index is 1050. The van der Waals surface area contributed by atoms with Crippen molar-refractivity contribution in [2.24, 2.45) is 0 Å². The first-order chi connectivity index (χ1) is 13.0. The van der Waals surface area contributed by atoms with Crippen LogP contribution in [0.4, 0.5) is 0 Å². The standard InChI is InChI=1S/C16H15N7O3S/c1-17-11-19-27(24,25)14-6-4-13(5-7-14)16-20-22-23(21-16)10-12-3-8-15(26-2)18-9-12/h3-9,19H,10-11H2,2H3. The minimum Gasteiger partial charge on any atom is -0.481 e. The summed E-state index contributed by atoms with van der Waals surface area (Å²) >= 11 is 0. The maximum atomic E-state index is 12.0. The molecule has 11 heteroatoms. The lowest BCUT2D eigenvalue weighted by atomic mass is 10.2. The van der Waals surface area contributed by atoms with Crippen molar-refractivity contribution in [3.8, 4) is 17.3 Å². The lowest BCUT2D eigenvalue weighted by Crippen LogP contribution is -2.22. The zero-order valence-electron chi connectivity index (χ0n) is 14.3. The molecule has 0 aliphatic rings. The van der Waals surface area contributed by atoms with Gasteiger partial charge < -0.3 is 4.74 Å². The Labute approximate surface area is 155 Å². The van der Waals surface area contributed by atoms with Crippen molar-refractivity contribution in [1.29, 1.82) is 0 Å². The zero-order valence-corrected chi connectivity index (χ0v) is 15.1. The highest BCUT2D eigenvalue weighted by Crippen LogP contribution is 2.17. The summed E-state index contributed by atoms with van der Waals surface area (Å²) in [7, 11) is -2.16. The normalized spacial score (nSPS) is 11.1. The van der Waals surface area contributed by atoms with E-state index < -0.39 is 10.0 Å². The van der Waals surface area contributed by atoms with Crippen LogP contribution in [0.2, 0.25) is 0 Å². The lowest BCUT2D eigenvalue weighted by Gasteiger charge is -2.03. The van der Waals surface area contributed by atoms with E-state index in [1.165, 1.54) is 16.9 Å². The summed E-state index contributed by atoms with van der Waals surface area (Å²) in [6.07, 6.45) is 1.66. The predicted octanol–water partition coefficient (Wildman–Crippen LogP) is 0.947. The number of rotatable bonds is 7. The first kappa shape index (κ1) is 18.4. The average molecular weight is 385 g/mol. The van der Waals surface area contributed by atoms with Gasteiger partial charge in [0.25, 0.3) is 6.67 Å². The van der Waals surface area contributed by atoms with Gasteiger partial charge in [0.05, 0.1) is 18.6 Å². The smallest absolute Gasteiger partial charge is 0.280 e. The number of aromatic nitrogens is 5. The number of tetrazole rings is 1. The minimum absolute atomic E-state index is 0.0617. The molecule has 0 aliphatic carbocycles. The van der Waals surface area contributed by atoms with Gasteiger partial charge in [-0.1, -0.05) is 6.07 Å². The van der Waals surface area contributed by atoms with Gasteiger partial charge in [-0.25, -0.2) is 20.0 Å². The molecule has 0 unspecified atom stereocenters. The van der Waals surface area contributed by atoms with E-state index in [4.69, 9.17) is 11.3 Å². The van der Waals surface area contributed by atoms with Gasteiger partial charge in [0.1, 0.15) is 0 Å². The largest absolute Gasteiger partial charge is 0.481 e. The summed E-state index contributed by atoms with van der Waals surface area (Å²) in [5.74, 6) is 0.890. The predicted molar refractivity (Wildman–Crippen MR) is 94.9 cm³/mol.